The summed E-state index contributed by atoms with van der Waals surface area (Å²) in [5.41, 5.74) is 3.64. The van der Waals surface area contributed by atoms with Crippen LogP contribution in [0, 0.1) is 13.8 Å². The third-order valence-electron chi connectivity index (χ3n) is 2.87. The van der Waals surface area contributed by atoms with Crippen LogP contribution in [-0.2, 0) is 7.05 Å². The van der Waals surface area contributed by atoms with E-state index >= 15 is 0 Å². The summed E-state index contributed by atoms with van der Waals surface area (Å²) in [4.78, 5) is 0. The molecule has 0 atom stereocenters. The molecule has 0 aliphatic rings. The molecule has 0 saturated heterocycles. The minimum absolute atomic E-state index is 0.493. The molecule has 1 aromatic carbocycles. The molecule has 2 rings (SSSR count). The van der Waals surface area contributed by atoms with Crippen molar-refractivity contribution in [1.29, 1.82) is 0 Å². The minimum atomic E-state index is 0.493. The molecule has 0 fully saturated rings. The van der Waals surface area contributed by atoms with Gasteiger partial charge in [-0.3, -0.25) is 4.68 Å². The van der Waals surface area contributed by atoms with Gasteiger partial charge in [-0.1, -0.05) is 23.7 Å². The number of thiocarbonyl (C=S) groups is 1. The molecule has 0 radical (unpaired) electrons. The summed E-state index contributed by atoms with van der Waals surface area (Å²) in [5.74, 6) is 0. The highest BCUT2D eigenvalue weighted by molar-refractivity contribution is 7.80. The minimum Gasteiger partial charge on any atom is -0.331 e. The predicted molar refractivity (Wildman–Crippen MR) is 84.0 cm³/mol. The van der Waals surface area contributed by atoms with Crippen LogP contribution in [-0.4, -0.2) is 14.9 Å². The third-order valence-corrected chi connectivity index (χ3v) is 3.40. The maximum atomic E-state index is 6.07. The number of para-hydroxylation sites is 1. The van der Waals surface area contributed by atoms with Gasteiger partial charge < -0.3 is 10.6 Å². The second kappa shape index (κ2) is 5.59. The number of aromatic nitrogens is 2. The lowest BCUT2D eigenvalue weighted by Gasteiger charge is -2.11. The molecular formula is C13H15ClN4S. The Balaban J connectivity index is 2.12. The Labute approximate surface area is 122 Å². The molecule has 0 saturated carbocycles. The number of aryl methyl sites for hydroxylation is 2. The first kappa shape index (κ1) is 13.8. The molecule has 4 nitrogen and oxygen atoms in total. The zero-order chi connectivity index (χ0) is 14.0. The molecule has 2 aromatic rings. The van der Waals surface area contributed by atoms with Crippen molar-refractivity contribution < 1.29 is 0 Å². The van der Waals surface area contributed by atoms with Gasteiger partial charge in [-0.25, -0.2) is 0 Å². The normalized spacial score (nSPS) is 10.3. The van der Waals surface area contributed by atoms with Crippen LogP contribution in [0.4, 0.5) is 11.4 Å². The number of hydrogen-bond donors (Lipinski definition) is 2. The number of nitrogens with zero attached hydrogens (tertiary/aromatic N) is 2. The average molecular weight is 295 g/mol. The third kappa shape index (κ3) is 3.05. The van der Waals surface area contributed by atoms with Gasteiger partial charge in [0.2, 0.25) is 0 Å². The number of hydrogen-bond acceptors (Lipinski definition) is 2. The lowest BCUT2D eigenvalue weighted by atomic mass is 10.3. The summed E-state index contributed by atoms with van der Waals surface area (Å²) in [7, 11) is 1.90. The summed E-state index contributed by atoms with van der Waals surface area (Å²) in [6, 6.07) is 7.46. The van der Waals surface area contributed by atoms with E-state index in [1.807, 2.05) is 49.8 Å². The van der Waals surface area contributed by atoms with Gasteiger partial charge in [-0.15, -0.1) is 0 Å². The second-order valence-electron chi connectivity index (χ2n) is 4.23. The summed E-state index contributed by atoms with van der Waals surface area (Å²) in [6.07, 6.45) is 0. The van der Waals surface area contributed by atoms with E-state index < -0.39 is 0 Å². The maximum absolute atomic E-state index is 6.07. The van der Waals surface area contributed by atoms with Gasteiger partial charge in [0, 0.05) is 7.05 Å². The van der Waals surface area contributed by atoms with Crippen molar-refractivity contribution in [2.24, 2.45) is 7.05 Å². The van der Waals surface area contributed by atoms with E-state index in [0.29, 0.717) is 10.1 Å². The Morgan fingerprint density at radius 2 is 1.95 bits per heavy atom. The standard InChI is InChI=1S/C13H15ClN4S/c1-8-12(9(2)18(3)17-8)16-13(19)15-11-7-5-4-6-10(11)14/h4-7H,1-3H3,(H2,15,16,19). The van der Waals surface area contributed by atoms with Crippen LogP contribution in [0.15, 0.2) is 24.3 Å². The largest absolute Gasteiger partial charge is 0.331 e. The summed E-state index contributed by atoms with van der Waals surface area (Å²) in [5, 5.41) is 11.7. The Bertz CT molecular complexity index is 621. The van der Waals surface area contributed by atoms with Crippen molar-refractivity contribution in [2.45, 2.75) is 13.8 Å². The van der Waals surface area contributed by atoms with Crippen molar-refractivity contribution in [1.82, 2.24) is 9.78 Å². The van der Waals surface area contributed by atoms with Crippen LogP contribution in [0.2, 0.25) is 5.02 Å². The Hall–Kier alpha value is -1.59. The Morgan fingerprint density at radius 1 is 1.26 bits per heavy atom. The van der Waals surface area contributed by atoms with Gasteiger partial charge in [0.15, 0.2) is 5.11 Å². The molecule has 0 aliphatic heterocycles. The first-order valence-corrected chi connectivity index (χ1v) is 6.60. The molecule has 1 heterocycles. The lowest BCUT2D eigenvalue weighted by molar-refractivity contribution is 0.731. The highest BCUT2D eigenvalue weighted by Crippen LogP contribution is 2.22. The van der Waals surface area contributed by atoms with Crippen molar-refractivity contribution in [3.05, 3.63) is 40.7 Å². The van der Waals surface area contributed by atoms with Crippen LogP contribution < -0.4 is 10.6 Å². The fourth-order valence-corrected chi connectivity index (χ4v) is 2.18. The molecule has 0 unspecified atom stereocenters. The zero-order valence-electron chi connectivity index (χ0n) is 11.0. The summed E-state index contributed by atoms with van der Waals surface area (Å²) >= 11 is 11.4. The Kier molecular flexibility index (Phi) is 4.07. The highest BCUT2D eigenvalue weighted by atomic mass is 35.5. The van der Waals surface area contributed by atoms with Gasteiger partial charge >= 0.3 is 0 Å². The molecule has 2 N–H and O–H groups in total. The number of benzene rings is 1. The highest BCUT2D eigenvalue weighted by Gasteiger charge is 2.11. The summed E-state index contributed by atoms with van der Waals surface area (Å²) < 4.78 is 1.82. The van der Waals surface area contributed by atoms with Crippen molar-refractivity contribution in [3.8, 4) is 0 Å². The zero-order valence-corrected chi connectivity index (χ0v) is 12.6. The second-order valence-corrected chi connectivity index (χ2v) is 5.04. The molecule has 19 heavy (non-hydrogen) atoms. The van der Waals surface area contributed by atoms with Crippen molar-refractivity contribution in [2.75, 3.05) is 10.6 Å². The van der Waals surface area contributed by atoms with Gasteiger partial charge in [-0.05, 0) is 38.2 Å². The summed E-state index contributed by atoms with van der Waals surface area (Å²) in [6.45, 7) is 3.92. The van der Waals surface area contributed by atoms with E-state index in [9.17, 15) is 0 Å². The monoisotopic (exact) mass is 294 g/mol. The molecule has 6 heteroatoms. The van der Waals surface area contributed by atoms with Gasteiger partial charge in [0.05, 0.1) is 27.8 Å². The molecular weight excluding hydrogens is 280 g/mol. The van der Waals surface area contributed by atoms with E-state index in [-0.39, 0.29) is 0 Å². The SMILES string of the molecule is Cc1nn(C)c(C)c1NC(=S)Nc1ccccc1Cl. The number of halogens is 1. The molecule has 0 spiro atoms. The van der Waals surface area contributed by atoms with E-state index in [4.69, 9.17) is 23.8 Å². The smallest absolute Gasteiger partial charge is 0.175 e. The molecule has 0 bridgehead atoms. The molecule has 0 aliphatic carbocycles. The lowest BCUT2D eigenvalue weighted by Crippen LogP contribution is -2.20. The van der Waals surface area contributed by atoms with Gasteiger partial charge in [-0.2, -0.15) is 5.10 Å². The Morgan fingerprint density at radius 3 is 2.53 bits per heavy atom. The molecule has 0 amide bonds. The fraction of sp³-hybridized carbons (Fsp3) is 0.231. The maximum Gasteiger partial charge on any atom is 0.175 e. The van der Waals surface area contributed by atoms with Crippen LogP contribution >= 0.6 is 23.8 Å². The van der Waals surface area contributed by atoms with Crippen molar-refractivity contribution >= 4 is 40.3 Å². The molecule has 1 aromatic heterocycles. The number of rotatable bonds is 2. The van der Waals surface area contributed by atoms with Crippen LogP contribution in [0.5, 0.6) is 0 Å². The van der Waals surface area contributed by atoms with E-state index in [2.05, 4.69) is 15.7 Å². The van der Waals surface area contributed by atoms with Crippen LogP contribution in [0.3, 0.4) is 0 Å². The predicted octanol–water partition coefficient (Wildman–Crippen LogP) is 3.50. The van der Waals surface area contributed by atoms with E-state index in [1.54, 1.807) is 0 Å². The van der Waals surface area contributed by atoms with Crippen LogP contribution in [0.25, 0.3) is 0 Å². The van der Waals surface area contributed by atoms with Gasteiger partial charge in [0.1, 0.15) is 0 Å². The first-order valence-electron chi connectivity index (χ1n) is 5.81. The number of anilines is 2. The van der Waals surface area contributed by atoms with Gasteiger partial charge in [0.25, 0.3) is 0 Å². The van der Waals surface area contributed by atoms with E-state index in [1.165, 1.54) is 0 Å². The van der Waals surface area contributed by atoms with E-state index in [0.717, 1.165) is 22.8 Å². The molecule has 100 valence electrons. The first-order chi connectivity index (χ1) is 8.99. The topological polar surface area (TPSA) is 41.9 Å². The van der Waals surface area contributed by atoms with Crippen LogP contribution in [0.1, 0.15) is 11.4 Å². The number of nitrogens with one attached hydrogen (secondary N) is 2. The van der Waals surface area contributed by atoms with Crippen molar-refractivity contribution in [3.63, 3.8) is 0 Å². The quantitative estimate of drug-likeness (QED) is 0.832. The fourth-order valence-electron chi connectivity index (χ4n) is 1.78. The average Bonchev–Trinajstić information content (AvgIpc) is 2.59.